The van der Waals surface area contributed by atoms with Crippen molar-refractivity contribution in [3.8, 4) is 0 Å². The molecule has 0 spiro atoms. The summed E-state index contributed by atoms with van der Waals surface area (Å²) in [5.41, 5.74) is 0.718. The molecule has 0 saturated carbocycles. The van der Waals surface area contributed by atoms with Crippen molar-refractivity contribution in [3.63, 3.8) is 0 Å². The topological polar surface area (TPSA) is 58.6 Å². The molecule has 1 aliphatic rings. The van der Waals surface area contributed by atoms with Gasteiger partial charge >= 0.3 is 0 Å². The third-order valence-electron chi connectivity index (χ3n) is 3.29. The zero-order valence-electron chi connectivity index (χ0n) is 11.5. The van der Waals surface area contributed by atoms with Crippen LogP contribution in [0.2, 0.25) is 0 Å². The molecule has 2 rings (SSSR count). The molecule has 0 aromatic heterocycles. The second-order valence-corrected chi connectivity index (χ2v) is 4.69. The smallest absolute Gasteiger partial charge is 0.257 e. The number of aryl methyl sites for hydroxylation is 1. The van der Waals surface area contributed by atoms with E-state index in [0.717, 1.165) is 5.56 Å². The minimum Gasteiger partial charge on any atom is -0.377 e. The summed E-state index contributed by atoms with van der Waals surface area (Å²) in [6.45, 7) is 2.48. The Morgan fingerprint density at radius 3 is 2.85 bits per heavy atom. The molecule has 0 aliphatic carbocycles. The number of nitrogens with one attached hydrogen (secondary N) is 1. The molecule has 0 radical (unpaired) electrons. The van der Waals surface area contributed by atoms with Gasteiger partial charge in [0, 0.05) is 13.6 Å². The normalized spacial score (nSPS) is 18.8. The van der Waals surface area contributed by atoms with Crippen LogP contribution in [0.1, 0.15) is 15.9 Å². The molecule has 1 aromatic carbocycles. The van der Waals surface area contributed by atoms with Gasteiger partial charge in [-0.15, -0.1) is 0 Å². The monoisotopic (exact) mass is 280 g/mol. The van der Waals surface area contributed by atoms with Crippen LogP contribution in [0, 0.1) is 12.7 Å². The summed E-state index contributed by atoms with van der Waals surface area (Å²) in [6.07, 6.45) is 0. The van der Waals surface area contributed by atoms with E-state index in [1.54, 1.807) is 13.0 Å². The SMILES string of the molecule is CNC(=O)C1COCCN1C(=O)c1ccc(C)cc1F. The summed E-state index contributed by atoms with van der Waals surface area (Å²) < 4.78 is 19.1. The van der Waals surface area contributed by atoms with Gasteiger partial charge in [-0.2, -0.15) is 0 Å². The molecule has 108 valence electrons. The second kappa shape index (κ2) is 6.00. The lowest BCUT2D eigenvalue weighted by Crippen LogP contribution is -2.55. The van der Waals surface area contributed by atoms with Crippen molar-refractivity contribution in [2.24, 2.45) is 0 Å². The van der Waals surface area contributed by atoms with Crippen LogP contribution in [-0.2, 0) is 9.53 Å². The Morgan fingerprint density at radius 1 is 1.45 bits per heavy atom. The Balaban J connectivity index is 2.27. The highest BCUT2D eigenvalue weighted by atomic mass is 19.1. The van der Waals surface area contributed by atoms with Crippen molar-refractivity contribution < 1.29 is 18.7 Å². The molecule has 1 aliphatic heterocycles. The zero-order valence-corrected chi connectivity index (χ0v) is 11.5. The number of amides is 2. The number of morpholine rings is 1. The van der Waals surface area contributed by atoms with E-state index in [-0.39, 0.29) is 24.6 Å². The minimum atomic E-state index is -0.720. The first-order chi connectivity index (χ1) is 9.54. The number of hydrogen-bond acceptors (Lipinski definition) is 3. The molecule has 20 heavy (non-hydrogen) atoms. The number of likely N-dealkylation sites (N-methyl/N-ethyl adjacent to an activating group) is 1. The molecule has 6 heteroatoms. The predicted molar refractivity (Wildman–Crippen MR) is 70.8 cm³/mol. The maximum absolute atomic E-state index is 13.9. The van der Waals surface area contributed by atoms with Crippen LogP contribution in [0.15, 0.2) is 18.2 Å². The largest absolute Gasteiger partial charge is 0.377 e. The predicted octanol–water partition coefficient (Wildman–Crippen LogP) is 0.721. The third kappa shape index (κ3) is 2.80. The molecule has 0 bridgehead atoms. The average Bonchev–Trinajstić information content (AvgIpc) is 2.46. The molecule has 1 saturated heterocycles. The summed E-state index contributed by atoms with van der Waals surface area (Å²) in [6, 6.07) is 3.71. The van der Waals surface area contributed by atoms with E-state index in [1.165, 1.54) is 24.1 Å². The van der Waals surface area contributed by atoms with Crippen LogP contribution in [0.4, 0.5) is 4.39 Å². The standard InChI is InChI=1S/C14H17FN2O3/c1-9-3-4-10(11(15)7-9)14(19)17-5-6-20-8-12(17)13(18)16-2/h3-4,7,12H,5-6,8H2,1-2H3,(H,16,18). The van der Waals surface area contributed by atoms with Crippen LogP contribution in [-0.4, -0.2) is 49.6 Å². The average molecular weight is 280 g/mol. The maximum atomic E-state index is 13.9. The van der Waals surface area contributed by atoms with Crippen LogP contribution < -0.4 is 5.32 Å². The Morgan fingerprint density at radius 2 is 2.20 bits per heavy atom. The lowest BCUT2D eigenvalue weighted by Gasteiger charge is -2.34. The fourth-order valence-electron chi connectivity index (χ4n) is 2.18. The molecule has 1 N–H and O–H groups in total. The van der Waals surface area contributed by atoms with E-state index in [2.05, 4.69) is 5.32 Å². The van der Waals surface area contributed by atoms with Crippen molar-refractivity contribution in [2.45, 2.75) is 13.0 Å². The molecular formula is C14H17FN2O3. The van der Waals surface area contributed by atoms with Crippen molar-refractivity contribution in [2.75, 3.05) is 26.8 Å². The van der Waals surface area contributed by atoms with Gasteiger partial charge in [-0.3, -0.25) is 9.59 Å². The van der Waals surface area contributed by atoms with Gasteiger partial charge in [0.05, 0.1) is 18.8 Å². The van der Waals surface area contributed by atoms with Crippen molar-refractivity contribution >= 4 is 11.8 Å². The maximum Gasteiger partial charge on any atom is 0.257 e. The number of halogens is 1. The van der Waals surface area contributed by atoms with Gasteiger partial charge in [0.1, 0.15) is 11.9 Å². The molecule has 1 atom stereocenters. The number of nitrogens with zero attached hydrogens (tertiary/aromatic N) is 1. The van der Waals surface area contributed by atoms with E-state index in [4.69, 9.17) is 4.74 Å². The van der Waals surface area contributed by atoms with Crippen LogP contribution >= 0.6 is 0 Å². The lowest BCUT2D eigenvalue weighted by molar-refractivity contribution is -0.130. The fraction of sp³-hybridized carbons (Fsp3) is 0.429. The van der Waals surface area contributed by atoms with Gasteiger partial charge in [-0.1, -0.05) is 6.07 Å². The summed E-state index contributed by atoms with van der Waals surface area (Å²) in [5.74, 6) is -1.37. The Bertz CT molecular complexity index is 533. The quantitative estimate of drug-likeness (QED) is 0.868. The molecule has 1 unspecified atom stereocenters. The first-order valence-electron chi connectivity index (χ1n) is 6.41. The van der Waals surface area contributed by atoms with Crippen LogP contribution in [0.25, 0.3) is 0 Å². The molecule has 2 amide bonds. The van der Waals surface area contributed by atoms with Crippen molar-refractivity contribution in [3.05, 3.63) is 35.1 Å². The number of rotatable bonds is 2. The Kier molecular flexibility index (Phi) is 4.34. The van der Waals surface area contributed by atoms with Crippen molar-refractivity contribution in [1.82, 2.24) is 10.2 Å². The number of ether oxygens (including phenoxy) is 1. The summed E-state index contributed by atoms with van der Waals surface area (Å²) in [4.78, 5) is 25.5. The highest BCUT2D eigenvalue weighted by molar-refractivity contribution is 5.98. The van der Waals surface area contributed by atoms with Gasteiger partial charge in [0.2, 0.25) is 5.91 Å². The molecule has 5 nitrogen and oxygen atoms in total. The molecular weight excluding hydrogens is 263 g/mol. The van der Waals surface area contributed by atoms with E-state index >= 15 is 0 Å². The Hall–Kier alpha value is -1.95. The number of benzene rings is 1. The first-order valence-corrected chi connectivity index (χ1v) is 6.41. The van der Waals surface area contributed by atoms with Gasteiger partial charge < -0.3 is 15.0 Å². The third-order valence-corrected chi connectivity index (χ3v) is 3.29. The zero-order chi connectivity index (χ0) is 14.7. The van der Waals surface area contributed by atoms with E-state index in [1.807, 2.05) is 0 Å². The highest BCUT2D eigenvalue weighted by Gasteiger charge is 2.33. The molecule has 1 heterocycles. The number of carbonyl (C=O) groups is 2. The number of hydrogen-bond donors (Lipinski definition) is 1. The van der Waals surface area contributed by atoms with Gasteiger partial charge in [-0.25, -0.2) is 4.39 Å². The van der Waals surface area contributed by atoms with Crippen molar-refractivity contribution in [1.29, 1.82) is 0 Å². The van der Waals surface area contributed by atoms with Crippen LogP contribution in [0.3, 0.4) is 0 Å². The minimum absolute atomic E-state index is 0.0218. The lowest BCUT2D eigenvalue weighted by atomic mass is 10.1. The number of carbonyl (C=O) groups excluding carboxylic acids is 2. The fourth-order valence-corrected chi connectivity index (χ4v) is 2.18. The highest BCUT2D eigenvalue weighted by Crippen LogP contribution is 2.16. The summed E-state index contributed by atoms with van der Waals surface area (Å²) in [7, 11) is 1.49. The van der Waals surface area contributed by atoms with Crippen LogP contribution in [0.5, 0.6) is 0 Å². The van der Waals surface area contributed by atoms with Gasteiger partial charge in [0.25, 0.3) is 5.91 Å². The molecule has 1 fully saturated rings. The second-order valence-electron chi connectivity index (χ2n) is 4.69. The summed E-state index contributed by atoms with van der Waals surface area (Å²) >= 11 is 0. The Labute approximate surface area is 116 Å². The van der Waals surface area contributed by atoms with Gasteiger partial charge in [0.15, 0.2) is 0 Å². The molecule has 1 aromatic rings. The van der Waals surface area contributed by atoms with E-state index < -0.39 is 17.8 Å². The van der Waals surface area contributed by atoms with E-state index in [9.17, 15) is 14.0 Å². The summed E-state index contributed by atoms with van der Waals surface area (Å²) in [5, 5.41) is 2.49. The first kappa shape index (κ1) is 14.5. The van der Waals surface area contributed by atoms with E-state index in [0.29, 0.717) is 6.61 Å². The van der Waals surface area contributed by atoms with Gasteiger partial charge in [-0.05, 0) is 24.6 Å².